The first kappa shape index (κ1) is 15.5. The summed E-state index contributed by atoms with van der Waals surface area (Å²) < 4.78 is 42.8. The third-order valence-electron chi connectivity index (χ3n) is 2.65. The summed E-state index contributed by atoms with van der Waals surface area (Å²) in [4.78, 5) is 26.1. The van der Waals surface area contributed by atoms with Gasteiger partial charge in [0.15, 0.2) is 5.69 Å². The second kappa shape index (κ2) is 5.88. The van der Waals surface area contributed by atoms with Crippen LogP contribution >= 0.6 is 11.3 Å². The van der Waals surface area contributed by atoms with E-state index in [1.54, 1.807) is 6.92 Å². The Morgan fingerprint density at radius 2 is 2.29 bits per heavy atom. The number of anilines is 1. The van der Waals surface area contributed by atoms with E-state index >= 15 is 0 Å². The standard InChI is InChI=1S/C11H12F3N3O3S/c1-2-20-9(19)7-8(16-5-3-6(18)15-4-5)21-10(17-7)11(12,13)14/h5,16H,2-4H2,1H3,(H,15,18)/t5-/m1/s1. The number of carbonyl (C=O) groups excluding carboxylic acids is 2. The number of rotatable bonds is 4. The van der Waals surface area contributed by atoms with Crippen LogP contribution in [-0.4, -0.2) is 36.1 Å². The molecule has 0 aromatic carbocycles. The van der Waals surface area contributed by atoms with Crippen LogP contribution in [0.4, 0.5) is 18.2 Å². The summed E-state index contributed by atoms with van der Waals surface area (Å²) in [5.41, 5.74) is -0.409. The van der Waals surface area contributed by atoms with Gasteiger partial charge in [-0.2, -0.15) is 13.2 Å². The van der Waals surface area contributed by atoms with Gasteiger partial charge in [0.05, 0.1) is 12.6 Å². The van der Waals surface area contributed by atoms with Crippen LogP contribution in [0.2, 0.25) is 0 Å². The molecule has 1 aliphatic heterocycles. The third kappa shape index (κ3) is 3.63. The SMILES string of the molecule is CCOC(=O)c1nc(C(F)(F)F)sc1N[C@H]1CNC(=O)C1. The van der Waals surface area contributed by atoms with Crippen molar-refractivity contribution in [2.24, 2.45) is 0 Å². The van der Waals surface area contributed by atoms with Crippen molar-refractivity contribution >= 4 is 28.2 Å². The molecule has 1 aromatic rings. The van der Waals surface area contributed by atoms with Crippen LogP contribution in [0.25, 0.3) is 0 Å². The maximum atomic E-state index is 12.7. The average Bonchev–Trinajstić information content (AvgIpc) is 2.96. The van der Waals surface area contributed by atoms with Gasteiger partial charge in [-0.1, -0.05) is 11.3 Å². The molecule has 0 spiro atoms. The molecular formula is C11H12F3N3O3S. The van der Waals surface area contributed by atoms with Crippen molar-refractivity contribution in [3.05, 3.63) is 10.7 Å². The fraction of sp³-hybridized carbons (Fsp3) is 0.545. The Balaban J connectivity index is 2.26. The lowest BCUT2D eigenvalue weighted by molar-refractivity contribution is -0.137. The van der Waals surface area contributed by atoms with E-state index in [1.165, 1.54) is 0 Å². The van der Waals surface area contributed by atoms with E-state index < -0.39 is 22.8 Å². The molecule has 1 aliphatic rings. The molecule has 10 heteroatoms. The zero-order valence-corrected chi connectivity index (χ0v) is 11.7. The number of thiazole rings is 1. The van der Waals surface area contributed by atoms with Crippen LogP contribution < -0.4 is 10.6 Å². The zero-order valence-electron chi connectivity index (χ0n) is 10.9. The number of carbonyl (C=O) groups is 2. The van der Waals surface area contributed by atoms with E-state index in [1.807, 2.05) is 0 Å². The zero-order chi connectivity index (χ0) is 15.6. The van der Waals surface area contributed by atoms with E-state index in [4.69, 9.17) is 4.74 Å². The van der Waals surface area contributed by atoms with Crippen LogP contribution in [0.1, 0.15) is 28.8 Å². The van der Waals surface area contributed by atoms with Gasteiger partial charge in [-0.3, -0.25) is 4.79 Å². The summed E-state index contributed by atoms with van der Waals surface area (Å²) in [6.45, 7) is 1.85. The first-order valence-corrected chi connectivity index (χ1v) is 6.91. The smallest absolute Gasteiger partial charge is 0.443 e. The number of amides is 1. The number of nitrogens with one attached hydrogen (secondary N) is 2. The fourth-order valence-corrected chi connectivity index (χ4v) is 2.67. The van der Waals surface area contributed by atoms with Gasteiger partial charge in [-0.25, -0.2) is 9.78 Å². The molecule has 0 radical (unpaired) electrons. The topological polar surface area (TPSA) is 80.3 Å². The Kier molecular flexibility index (Phi) is 4.35. The number of alkyl halides is 3. The van der Waals surface area contributed by atoms with Crippen molar-refractivity contribution in [3.8, 4) is 0 Å². The number of halogens is 3. The summed E-state index contributed by atoms with van der Waals surface area (Å²) in [7, 11) is 0. The van der Waals surface area contributed by atoms with Crippen molar-refractivity contribution < 1.29 is 27.5 Å². The number of esters is 1. The molecule has 0 unspecified atom stereocenters. The first-order chi connectivity index (χ1) is 9.81. The summed E-state index contributed by atoms with van der Waals surface area (Å²) in [5.74, 6) is -1.13. The highest BCUT2D eigenvalue weighted by molar-refractivity contribution is 7.16. The third-order valence-corrected chi connectivity index (χ3v) is 3.68. The number of hydrogen-bond donors (Lipinski definition) is 2. The van der Waals surface area contributed by atoms with E-state index in [0.29, 0.717) is 11.3 Å². The van der Waals surface area contributed by atoms with E-state index in [9.17, 15) is 22.8 Å². The highest BCUT2D eigenvalue weighted by Crippen LogP contribution is 2.37. The molecule has 1 amide bonds. The van der Waals surface area contributed by atoms with Gasteiger partial charge in [0.1, 0.15) is 5.00 Å². The second-order valence-electron chi connectivity index (χ2n) is 4.26. The largest absolute Gasteiger partial charge is 0.461 e. The lowest BCUT2D eigenvalue weighted by Gasteiger charge is -2.10. The monoisotopic (exact) mass is 323 g/mol. The summed E-state index contributed by atoms with van der Waals surface area (Å²) in [6.07, 6.45) is -4.52. The predicted molar refractivity (Wildman–Crippen MR) is 68.1 cm³/mol. The van der Waals surface area contributed by atoms with Gasteiger partial charge >= 0.3 is 12.1 Å². The van der Waals surface area contributed by atoms with E-state index in [2.05, 4.69) is 15.6 Å². The molecule has 6 nitrogen and oxygen atoms in total. The number of aromatic nitrogens is 1. The molecule has 0 saturated carbocycles. The lowest BCUT2D eigenvalue weighted by Crippen LogP contribution is -2.23. The fourth-order valence-electron chi connectivity index (χ4n) is 1.77. The highest BCUT2D eigenvalue weighted by Gasteiger charge is 2.38. The maximum Gasteiger partial charge on any atom is 0.443 e. The van der Waals surface area contributed by atoms with E-state index in [0.717, 1.165) is 0 Å². The maximum absolute atomic E-state index is 12.7. The number of ether oxygens (including phenoxy) is 1. The van der Waals surface area contributed by atoms with Gasteiger partial charge in [-0.15, -0.1) is 0 Å². The average molecular weight is 323 g/mol. The molecule has 2 heterocycles. The Morgan fingerprint density at radius 3 is 2.81 bits per heavy atom. The Hall–Kier alpha value is -1.84. The van der Waals surface area contributed by atoms with Crippen LogP contribution in [0.3, 0.4) is 0 Å². The Morgan fingerprint density at radius 1 is 1.57 bits per heavy atom. The molecular weight excluding hydrogens is 311 g/mol. The molecule has 116 valence electrons. The van der Waals surface area contributed by atoms with Crippen molar-refractivity contribution in [2.75, 3.05) is 18.5 Å². The number of hydrogen-bond acceptors (Lipinski definition) is 6. The molecule has 1 atom stereocenters. The molecule has 2 rings (SSSR count). The van der Waals surface area contributed by atoms with Crippen LogP contribution in [0.15, 0.2) is 0 Å². The lowest BCUT2D eigenvalue weighted by atomic mass is 10.2. The molecule has 0 bridgehead atoms. The molecule has 0 aliphatic carbocycles. The first-order valence-electron chi connectivity index (χ1n) is 6.09. The summed E-state index contributed by atoms with van der Waals surface area (Å²) in [5, 5.41) is 4.12. The molecule has 1 saturated heterocycles. The quantitative estimate of drug-likeness (QED) is 0.824. The van der Waals surface area contributed by atoms with Gasteiger partial charge < -0.3 is 15.4 Å². The minimum absolute atomic E-state index is 0.0284. The van der Waals surface area contributed by atoms with Gasteiger partial charge in [0.2, 0.25) is 10.9 Å². The van der Waals surface area contributed by atoms with Crippen LogP contribution in [-0.2, 0) is 15.7 Å². The number of nitrogens with zero attached hydrogens (tertiary/aromatic N) is 1. The highest BCUT2D eigenvalue weighted by atomic mass is 32.1. The minimum atomic E-state index is -4.64. The summed E-state index contributed by atoms with van der Waals surface area (Å²) in [6, 6.07) is -0.382. The Labute approximate surface area is 121 Å². The van der Waals surface area contributed by atoms with Crippen molar-refractivity contribution in [1.29, 1.82) is 0 Å². The van der Waals surface area contributed by atoms with Gasteiger partial charge in [0, 0.05) is 13.0 Å². The predicted octanol–water partition coefficient (Wildman–Crippen LogP) is 1.64. The van der Waals surface area contributed by atoms with E-state index in [-0.39, 0.29) is 36.5 Å². The van der Waals surface area contributed by atoms with Crippen molar-refractivity contribution in [2.45, 2.75) is 25.6 Å². The van der Waals surface area contributed by atoms with Crippen LogP contribution in [0.5, 0.6) is 0 Å². The second-order valence-corrected chi connectivity index (χ2v) is 5.26. The van der Waals surface area contributed by atoms with Crippen molar-refractivity contribution in [1.82, 2.24) is 10.3 Å². The normalized spacial score (nSPS) is 18.5. The molecule has 1 fully saturated rings. The summed E-state index contributed by atoms with van der Waals surface area (Å²) >= 11 is 0.322. The minimum Gasteiger partial charge on any atom is -0.461 e. The molecule has 21 heavy (non-hydrogen) atoms. The molecule has 1 aromatic heterocycles. The van der Waals surface area contributed by atoms with Gasteiger partial charge in [0.25, 0.3) is 0 Å². The van der Waals surface area contributed by atoms with Crippen molar-refractivity contribution in [3.63, 3.8) is 0 Å². The van der Waals surface area contributed by atoms with Crippen LogP contribution in [0, 0.1) is 0 Å². The van der Waals surface area contributed by atoms with Gasteiger partial charge in [-0.05, 0) is 6.92 Å². The molecule has 2 N–H and O–H groups in total. The Bertz CT molecular complexity index is 559.